The predicted molar refractivity (Wildman–Crippen MR) is 82.6 cm³/mol. The summed E-state index contributed by atoms with van der Waals surface area (Å²) in [5.41, 5.74) is 8.44. The van der Waals surface area contributed by atoms with Crippen LogP contribution in [0.1, 0.15) is 49.8 Å². The molecule has 0 heterocycles. The summed E-state index contributed by atoms with van der Waals surface area (Å²) in [7, 11) is 0. The second-order valence-corrected chi connectivity index (χ2v) is 5.94. The molecule has 1 unspecified atom stereocenters. The van der Waals surface area contributed by atoms with Gasteiger partial charge >= 0.3 is 0 Å². The Morgan fingerprint density at radius 3 is 2.58 bits per heavy atom. The minimum atomic E-state index is 0.297. The quantitative estimate of drug-likeness (QED) is 0.886. The van der Waals surface area contributed by atoms with E-state index in [1.54, 1.807) is 0 Å². The van der Waals surface area contributed by atoms with Crippen LogP contribution in [-0.4, -0.2) is 24.0 Å². The van der Waals surface area contributed by atoms with Crippen LogP contribution in [0.15, 0.2) is 18.2 Å². The van der Waals surface area contributed by atoms with Crippen LogP contribution in [-0.2, 0) is 0 Å². The molecule has 3 heteroatoms. The second-order valence-electron chi connectivity index (χ2n) is 5.53. The van der Waals surface area contributed by atoms with Crippen molar-refractivity contribution in [2.45, 2.75) is 51.6 Å². The molecular weight excluding hydrogens is 256 g/mol. The van der Waals surface area contributed by atoms with Crippen LogP contribution in [0.3, 0.4) is 0 Å². The Labute approximate surface area is 121 Å². The van der Waals surface area contributed by atoms with Crippen molar-refractivity contribution in [3.05, 3.63) is 34.3 Å². The highest BCUT2D eigenvalue weighted by molar-refractivity contribution is 6.31. The number of rotatable bonds is 5. The standard InChI is InChI=1S/C16H25ClN2/c1-3-19(14-6-4-5-7-14)16(11-18)13-9-8-12(2)15(17)10-13/h8-10,14,16H,3-7,11,18H2,1-2H3. The van der Waals surface area contributed by atoms with E-state index < -0.39 is 0 Å². The van der Waals surface area contributed by atoms with Crippen LogP contribution in [0.5, 0.6) is 0 Å². The normalized spacial score (nSPS) is 18.2. The molecule has 19 heavy (non-hydrogen) atoms. The largest absolute Gasteiger partial charge is 0.329 e. The first-order chi connectivity index (χ1) is 9.17. The maximum absolute atomic E-state index is 6.26. The van der Waals surface area contributed by atoms with Gasteiger partial charge in [0, 0.05) is 23.7 Å². The van der Waals surface area contributed by atoms with Gasteiger partial charge in [-0.2, -0.15) is 0 Å². The summed E-state index contributed by atoms with van der Waals surface area (Å²) < 4.78 is 0. The third-order valence-electron chi connectivity index (χ3n) is 4.36. The zero-order valence-electron chi connectivity index (χ0n) is 12.0. The Morgan fingerprint density at radius 2 is 2.05 bits per heavy atom. The molecule has 1 fully saturated rings. The zero-order chi connectivity index (χ0) is 13.8. The Balaban J connectivity index is 2.23. The number of halogens is 1. The van der Waals surface area contributed by atoms with Gasteiger partial charge in [0.25, 0.3) is 0 Å². The molecule has 1 aromatic carbocycles. The fraction of sp³-hybridized carbons (Fsp3) is 0.625. The summed E-state index contributed by atoms with van der Waals surface area (Å²) in [4.78, 5) is 2.56. The molecule has 1 saturated carbocycles. The van der Waals surface area contributed by atoms with Crippen molar-refractivity contribution in [1.29, 1.82) is 0 Å². The van der Waals surface area contributed by atoms with Gasteiger partial charge in [-0.05, 0) is 43.5 Å². The van der Waals surface area contributed by atoms with E-state index in [9.17, 15) is 0 Å². The fourth-order valence-electron chi connectivity index (χ4n) is 3.25. The summed E-state index contributed by atoms with van der Waals surface area (Å²) in [6.45, 7) is 5.98. The molecule has 2 N–H and O–H groups in total. The van der Waals surface area contributed by atoms with Gasteiger partial charge < -0.3 is 5.73 Å². The highest BCUT2D eigenvalue weighted by atomic mass is 35.5. The summed E-state index contributed by atoms with van der Waals surface area (Å²) >= 11 is 6.26. The van der Waals surface area contributed by atoms with Crippen LogP contribution in [0.25, 0.3) is 0 Å². The van der Waals surface area contributed by atoms with Crippen LogP contribution in [0.2, 0.25) is 5.02 Å². The van der Waals surface area contributed by atoms with E-state index in [4.69, 9.17) is 17.3 Å². The number of hydrogen-bond acceptors (Lipinski definition) is 2. The van der Waals surface area contributed by atoms with Gasteiger partial charge in [-0.15, -0.1) is 0 Å². The molecule has 0 radical (unpaired) electrons. The van der Waals surface area contributed by atoms with E-state index in [0.717, 1.165) is 17.1 Å². The maximum Gasteiger partial charge on any atom is 0.0473 e. The topological polar surface area (TPSA) is 29.3 Å². The molecular formula is C16H25ClN2. The molecule has 0 aliphatic heterocycles. The van der Waals surface area contributed by atoms with Crippen LogP contribution in [0, 0.1) is 6.92 Å². The molecule has 2 nitrogen and oxygen atoms in total. The second kappa shape index (κ2) is 6.74. The van der Waals surface area contributed by atoms with Gasteiger partial charge in [0.2, 0.25) is 0 Å². The summed E-state index contributed by atoms with van der Waals surface area (Å²) in [6, 6.07) is 7.36. The molecule has 1 atom stereocenters. The van der Waals surface area contributed by atoms with E-state index >= 15 is 0 Å². The average molecular weight is 281 g/mol. The molecule has 1 aromatic rings. The maximum atomic E-state index is 6.26. The number of nitrogens with zero attached hydrogens (tertiary/aromatic N) is 1. The Morgan fingerprint density at radius 1 is 1.37 bits per heavy atom. The van der Waals surface area contributed by atoms with Crippen molar-refractivity contribution in [3.63, 3.8) is 0 Å². The SMILES string of the molecule is CCN(C1CCCC1)C(CN)c1ccc(C)c(Cl)c1. The molecule has 0 spiro atoms. The lowest BCUT2D eigenvalue weighted by molar-refractivity contribution is 0.147. The van der Waals surface area contributed by atoms with E-state index in [-0.39, 0.29) is 0 Å². The molecule has 0 amide bonds. The minimum absolute atomic E-state index is 0.297. The lowest BCUT2D eigenvalue weighted by atomic mass is 10.0. The molecule has 1 aliphatic carbocycles. The van der Waals surface area contributed by atoms with E-state index in [1.165, 1.54) is 31.2 Å². The van der Waals surface area contributed by atoms with Gasteiger partial charge in [-0.3, -0.25) is 4.90 Å². The van der Waals surface area contributed by atoms with Crippen molar-refractivity contribution in [3.8, 4) is 0 Å². The van der Waals surface area contributed by atoms with E-state index in [1.807, 2.05) is 6.92 Å². The minimum Gasteiger partial charge on any atom is -0.329 e. The van der Waals surface area contributed by atoms with Crippen molar-refractivity contribution in [1.82, 2.24) is 4.90 Å². The number of likely N-dealkylation sites (N-methyl/N-ethyl adjacent to an activating group) is 1. The summed E-state index contributed by atoms with van der Waals surface area (Å²) in [5, 5.41) is 0.846. The summed E-state index contributed by atoms with van der Waals surface area (Å²) in [6.07, 6.45) is 5.33. The highest BCUT2D eigenvalue weighted by Gasteiger charge is 2.27. The van der Waals surface area contributed by atoms with Crippen molar-refractivity contribution >= 4 is 11.6 Å². The third-order valence-corrected chi connectivity index (χ3v) is 4.77. The lowest BCUT2D eigenvalue weighted by Gasteiger charge is -2.35. The Hall–Kier alpha value is -0.570. The first kappa shape index (κ1) is 14.8. The van der Waals surface area contributed by atoms with Crippen LogP contribution in [0.4, 0.5) is 0 Å². The molecule has 0 bridgehead atoms. The van der Waals surface area contributed by atoms with Gasteiger partial charge in [0.05, 0.1) is 0 Å². The fourth-order valence-corrected chi connectivity index (χ4v) is 3.44. The van der Waals surface area contributed by atoms with E-state index in [0.29, 0.717) is 18.6 Å². The zero-order valence-corrected chi connectivity index (χ0v) is 12.8. The van der Waals surface area contributed by atoms with Crippen molar-refractivity contribution in [2.75, 3.05) is 13.1 Å². The van der Waals surface area contributed by atoms with Crippen molar-refractivity contribution < 1.29 is 0 Å². The number of aryl methyl sites for hydroxylation is 1. The number of benzene rings is 1. The van der Waals surface area contributed by atoms with Crippen LogP contribution < -0.4 is 5.73 Å². The smallest absolute Gasteiger partial charge is 0.0473 e. The van der Waals surface area contributed by atoms with Gasteiger partial charge in [0.1, 0.15) is 0 Å². The first-order valence-corrected chi connectivity index (χ1v) is 7.77. The molecule has 2 rings (SSSR count). The Bertz CT molecular complexity index is 413. The lowest BCUT2D eigenvalue weighted by Crippen LogP contribution is -2.40. The summed E-state index contributed by atoms with van der Waals surface area (Å²) in [5.74, 6) is 0. The molecule has 0 aromatic heterocycles. The van der Waals surface area contributed by atoms with E-state index in [2.05, 4.69) is 30.0 Å². The highest BCUT2D eigenvalue weighted by Crippen LogP contribution is 2.31. The number of nitrogens with two attached hydrogens (primary N) is 1. The van der Waals surface area contributed by atoms with Gasteiger partial charge in [-0.1, -0.05) is 43.5 Å². The number of hydrogen-bond donors (Lipinski definition) is 1. The average Bonchev–Trinajstić information content (AvgIpc) is 2.93. The molecule has 106 valence electrons. The van der Waals surface area contributed by atoms with Gasteiger partial charge in [0.15, 0.2) is 0 Å². The first-order valence-electron chi connectivity index (χ1n) is 7.39. The molecule has 0 saturated heterocycles. The Kier molecular flexibility index (Phi) is 5.26. The molecule has 1 aliphatic rings. The van der Waals surface area contributed by atoms with Crippen LogP contribution >= 0.6 is 11.6 Å². The van der Waals surface area contributed by atoms with Crippen molar-refractivity contribution in [2.24, 2.45) is 5.73 Å². The predicted octanol–water partition coefficient (Wildman–Crippen LogP) is 3.91. The third kappa shape index (κ3) is 3.31. The van der Waals surface area contributed by atoms with Gasteiger partial charge in [-0.25, -0.2) is 0 Å². The monoisotopic (exact) mass is 280 g/mol.